The van der Waals surface area contributed by atoms with Crippen molar-refractivity contribution in [3.05, 3.63) is 48.0 Å². The normalized spacial score (nSPS) is 17.0. The molecule has 7 heteroatoms. The minimum Gasteiger partial charge on any atom is -0.382 e. The second kappa shape index (κ2) is 7.39. The predicted molar refractivity (Wildman–Crippen MR) is 97.9 cm³/mol. The molecule has 0 saturated carbocycles. The van der Waals surface area contributed by atoms with Crippen molar-refractivity contribution in [1.29, 1.82) is 0 Å². The predicted octanol–water partition coefficient (Wildman–Crippen LogP) is 1.54. The van der Waals surface area contributed by atoms with E-state index in [2.05, 4.69) is 10.3 Å². The summed E-state index contributed by atoms with van der Waals surface area (Å²) in [5.74, 6) is 0.562. The lowest BCUT2D eigenvalue weighted by atomic mass is 9.90. The Morgan fingerprint density at radius 1 is 1.23 bits per heavy atom. The van der Waals surface area contributed by atoms with Crippen LogP contribution in [0.4, 0.5) is 5.69 Å². The summed E-state index contributed by atoms with van der Waals surface area (Å²) in [6.07, 6.45) is 4.59. The molecule has 138 valence electrons. The molecule has 2 aromatic rings. The number of nitrogens with one attached hydrogen (secondary N) is 1. The molecule has 0 atom stereocenters. The van der Waals surface area contributed by atoms with Crippen molar-refractivity contribution in [3.63, 3.8) is 0 Å². The molecule has 1 amide bonds. The van der Waals surface area contributed by atoms with Gasteiger partial charge in [0.05, 0.1) is 6.54 Å². The van der Waals surface area contributed by atoms with E-state index < -0.39 is 5.60 Å². The number of likely N-dealkylation sites (tertiary alicyclic amines) is 1. The van der Waals surface area contributed by atoms with Gasteiger partial charge >= 0.3 is 0 Å². The molecule has 0 radical (unpaired) electrons. The summed E-state index contributed by atoms with van der Waals surface area (Å²) < 4.78 is 1.84. The summed E-state index contributed by atoms with van der Waals surface area (Å²) in [4.78, 5) is 29.8. The Labute approximate surface area is 152 Å². The highest BCUT2D eigenvalue weighted by molar-refractivity contribution is 5.96. The SMILES string of the molecule is CC(=O)c1ccc(NC(=O)CN2CCC(O)(c3nccn3C)CC2)cc1. The van der Waals surface area contributed by atoms with Crippen LogP contribution in [0.25, 0.3) is 0 Å². The van der Waals surface area contributed by atoms with Crippen LogP contribution in [-0.2, 0) is 17.4 Å². The Bertz CT molecular complexity index is 789. The summed E-state index contributed by atoms with van der Waals surface area (Å²) in [7, 11) is 1.87. The molecular weight excluding hydrogens is 332 g/mol. The average Bonchev–Trinajstić information content (AvgIpc) is 3.04. The van der Waals surface area contributed by atoms with Crippen molar-refractivity contribution in [1.82, 2.24) is 14.5 Å². The third-order valence-corrected chi connectivity index (χ3v) is 4.86. The minimum absolute atomic E-state index is 0.00334. The van der Waals surface area contributed by atoms with Gasteiger partial charge in [-0.1, -0.05) is 0 Å². The van der Waals surface area contributed by atoms with Crippen molar-refractivity contribution in [2.75, 3.05) is 25.0 Å². The minimum atomic E-state index is -0.937. The zero-order chi connectivity index (χ0) is 18.7. The molecule has 1 saturated heterocycles. The Morgan fingerprint density at radius 2 is 1.88 bits per heavy atom. The van der Waals surface area contributed by atoms with E-state index in [0.29, 0.717) is 43.0 Å². The van der Waals surface area contributed by atoms with Crippen molar-refractivity contribution in [2.45, 2.75) is 25.4 Å². The van der Waals surface area contributed by atoms with Gasteiger partial charge in [-0.25, -0.2) is 4.98 Å². The van der Waals surface area contributed by atoms with E-state index in [1.54, 1.807) is 30.5 Å². The number of imidazole rings is 1. The maximum absolute atomic E-state index is 12.2. The standard InChI is InChI=1S/C19H24N4O3/c1-14(24)15-3-5-16(6-4-15)21-17(25)13-23-10-7-19(26,8-11-23)18-20-9-12-22(18)2/h3-6,9,12,26H,7-8,10-11,13H2,1-2H3,(H,21,25). The number of hydrogen-bond acceptors (Lipinski definition) is 5. The molecule has 1 aromatic carbocycles. The number of benzene rings is 1. The maximum atomic E-state index is 12.2. The monoisotopic (exact) mass is 356 g/mol. The maximum Gasteiger partial charge on any atom is 0.238 e. The summed E-state index contributed by atoms with van der Waals surface area (Å²) in [6, 6.07) is 6.85. The van der Waals surface area contributed by atoms with Crippen molar-refractivity contribution in [2.24, 2.45) is 7.05 Å². The smallest absolute Gasteiger partial charge is 0.238 e. The number of carbonyl (C=O) groups is 2. The molecule has 1 aromatic heterocycles. The van der Waals surface area contributed by atoms with Gasteiger partial charge in [-0.2, -0.15) is 0 Å². The summed E-state index contributed by atoms with van der Waals surface area (Å²) >= 11 is 0. The van der Waals surface area contributed by atoms with Gasteiger partial charge in [-0.05, 0) is 44.0 Å². The highest BCUT2D eigenvalue weighted by atomic mass is 16.3. The Balaban J connectivity index is 1.52. The highest BCUT2D eigenvalue weighted by Gasteiger charge is 2.37. The van der Waals surface area contributed by atoms with Gasteiger partial charge in [-0.15, -0.1) is 0 Å². The van der Waals surface area contributed by atoms with Crippen molar-refractivity contribution >= 4 is 17.4 Å². The fourth-order valence-electron chi connectivity index (χ4n) is 3.31. The molecule has 0 unspecified atom stereocenters. The number of nitrogens with zero attached hydrogens (tertiary/aromatic N) is 3. The van der Waals surface area contributed by atoms with E-state index in [-0.39, 0.29) is 18.2 Å². The van der Waals surface area contributed by atoms with E-state index in [9.17, 15) is 14.7 Å². The number of aromatic nitrogens is 2. The van der Waals surface area contributed by atoms with Crippen LogP contribution in [0.15, 0.2) is 36.7 Å². The molecule has 3 rings (SSSR count). The van der Waals surface area contributed by atoms with Gasteiger partial charge in [0, 0.05) is 43.8 Å². The number of rotatable bonds is 5. The van der Waals surface area contributed by atoms with E-state index in [0.717, 1.165) is 0 Å². The molecule has 0 bridgehead atoms. The first kappa shape index (κ1) is 18.3. The number of hydrogen-bond donors (Lipinski definition) is 2. The third kappa shape index (κ3) is 4.00. The molecule has 26 heavy (non-hydrogen) atoms. The third-order valence-electron chi connectivity index (χ3n) is 4.86. The van der Waals surface area contributed by atoms with Crippen LogP contribution in [0.1, 0.15) is 35.9 Å². The second-order valence-electron chi connectivity index (χ2n) is 6.85. The van der Waals surface area contributed by atoms with Crippen molar-refractivity contribution < 1.29 is 14.7 Å². The van der Waals surface area contributed by atoms with Gasteiger partial charge in [0.25, 0.3) is 0 Å². The lowest BCUT2D eigenvalue weighted by molar-refractivity contribution is -0.118. The number of amides is 1. The summed E-state index contributed by atoms with van der Waals surface area (Å²) in [6.45, 7) is 3.03. The van der Waals surface area contributed by atoms with Gasteiger partial charge in [-0.3, -0.25) is 14.5 Å². The first-order chi connectivity index (χ1) is 12.4. The van der Waals surface area contributed by atoms with Crippen LogP contribution in [0.3, 0.4) is 0 Å². The van der Waals surface area contributed by atoms with E-state index in [4.69, 9.17) is 0 Å². The first-order valence-corrected chi connectivity index (χ1v) is 8.71. The number of carbonyl (C=O) groups excluding carboxylic acids is 2. The Hall–Kier alpha value is -2.51. The largest absolute Gasteiger partial charge is 0.382 e. The molecule has 0 aliphatic carbocycles. The average molecular weight is 356 g/mol. The summed E-state index contributed by atoms with van der Waals surface area (Å²) in [5.41, 5.74) is 0.349. The zero-order valence-electron chi connectivity index (χ0n) is 15.1. The number of anilines is 1. The van der Waals surface area contributed by atoms with Crippen LogP contribution in [0.2, 0.25) is 0 Å². The summed E-state index contributed by atoms with van der Waals surface area (Å²) in [5, 5.41) is 13.7. The van der Waals surface area contributed by atoms with E-state index in [1.807, 2.05) is 22.7 Å². The van der Waals surface area contributed by atoms with E-state index >= 15 is 0 Å². The van der Waals surface area contributed by atoms with Gasteiger partial charge < -0.3 is 15.0 Å². The van der Waals surface area contributed by atoms with Crippen LogP contribution >= 0.6 is 0 Å². The molecule has 1 aliphatic rings. The van der Waals surface area contributed by atoms with Gasteiger partial charge in [0.1, 0.15) is 11.4 Å². The lowest BCUT2D eigenvalue weighted by Gasteiger charge is -2.37. The fourth-order valence-corrected chi connectivity index (χ4v) is 3.31. The Kier molecular flexibility index (Phi) is 5.20. The first-order valence-electron chi connectivity index (χ1n) is 8.71. The molecule has 2 N–H and O–H groups in total. The molecule has 1 fully saturated rings. The fraction of sp³-hybridized carbons (Fsp3) is 0.421. The van der Waals surface area contributed by atoms with Crippen LogP contribution in [0.5, 0.6) is 0 Å². The molecular formula is C19H24N4O3. The molecule has 0 spiro atoms. The zero-order valence-corrected chi connectivity index (χ0v) is 15.1. The molecule has 1 aliphatic heterocycles. The lowest BCUT2D eigenvalue weighted by Crippen LogP contribution is -2.46. The quantitative estimate of drug-likeness (QED) is 0.794. The van der Waals surface area contributed by atoms with Crippen LogP contribution < -0.4 is 5.32 Å². The van der Waals surface area contributed by atoms with Crippen LogP contribution in [-0.4, -0.2) is 50.9 Å². The van der Waals surface area contributed by atoms with Crippen LogP contribution in [0, 0.1) is 0 Å². The number of aliphatic hydroxyl groups is 1. The number of piperidine rings is 1. The molecule has 7 nitrogen and oxygen atoms in total. The van der Waals surface area contributed by atoms with E-state index in [1.165, 1.54) is 6.92 Å². The Morgan fingerprint density at radius 3 is 2.42 bits per heavy atom. The van der Waals surface area contributed by atoms with Gasteiger partial charge in [0.2, 0.25) is 5.91 Å². The van der Waals surface area contributed by atoms with Crippen molar-refractivity contribution in [3.8, 4) is 0 Å². The topological polar surface area (TPSA) is 87.5 Å². The van der Waals surface area contributed by atoms with Gasteiger partial charge in [0.15, 0.2) is 5.78 Å². The number of Topliss-reactive ketones (excluding diaryl/α,β-unsaturated/α-hetero) is 1. The number of ketones is 1. The highest BCUT2D eigenvalue weighted by Crippen LogP contribution is 2.31. The molecule has 2 heterocycles. The second-order valence-corrected chi connectivity index (χ2v) is 6.85. The number of aryl methyl sites for hydroxylation is 1.